The molecular weight excluding hydrogens is 321 g/mol. The van der Waals surface area contributed by atoms with E-state index in [4.69, 9.17) is 0 Å². The molecule has 1 fully saturated rings. The van der Waals surface area contributed by atoms with Gasteiger partial charge in [0.1, 0.15) is 11.9 Å². The van der Waals surface area contributed by atoms with Crippen LogP contribution in [-0.4, -0.2) is 27.9 Å². The molecule has 1 saturated carbocycles. The minimum Gasteiger partial charge on any atom is -0.480 e. The van der Waals surface area contributed by atoms with Crippen LogP contribution >= 0.6 is 0 Å². The van der Waals surface area contributed by atoms with Gasteiger partial charge in [0.25, 0.3) is 0 Å². The van der Waals surface area contributed by atoms with E-state index in [1.165, 1.54) is 17.0 Å². The Balaban J connectivity index is 1.55. The highest BCUT2D eigenvalue weighted by Crippen LogP contribution is 2.49. The third-order valence-electron chi connectivity index (χ3n) is 5.22. The minimum atomic E-state index is -0.971. The van der Waals surface area contributed by atoms with Gasteiger partial charge in [-0.25, -0.2) is 9.18 Å². The van der Waals surface area contributed by atoms with Gasteiger partial charge in [-0.05, 0) is 41.2 Å². The number of carbonyl (C=O) groups excluding carboxylic acids is 1. The molecule has 0 saturated heterocycles. The van der Waals surface area contributed by atoms with Crippen molar-refractivity contribution in [3.8, 4) is 0 Å². The molecule has 1 amide bonds. The number of hydrogen-bond acceptors (Lipinski definition) is 2. The zero-order chi connectivity index (χ0) is 17.6. The van der Waals surface area contributed by atoms with E-state index in [0.717, 1.165) is 16.7 Å². The van der Waals surface area contributed by atoms with Crippen LogP contribution in [0.5, 0.6) is 0 Å². The highest BCUT2D eigenvalue weighted by atomic mass is 19.1. The van der Waals surface area contributed by atoms with Crippen LogP contribution in [0.3, 0.4) is 0 Å². The molecule has 2 aliphatic rings. The first kappa shape index (κ1) is 15.8. The number of amides is 1. The maximum Gasteiger partial charge on any atom is 0.326 e. The number of benzene rings is 2. The predicted molar refractivity (Wildman–Crippen MR) is 89.4 cm³/mol. The largest absolute Gasteiger partial charge is 0.480 e. The molecule has 1 aliphatic heterocycles. The lowest BCUT2D eigenvalue weighted by Crippen LogP contribution is -2.49. The second kappa shape index (κ2) is 5.99. The van der Waals surface area contributed by atoms with Crippen LogP contribution in [0.15, 0.2) is 48.5 Å². The van der Waals surface area contributed by atoms with Gasteiger partial charge in [0.05, 0.1) is 0 Å². The normalized spacial score (nSPS) is 24.5. The first-order chi connectivity index (χ1) is 12.0. The SMILES string of the molecule is O=C(O)[C@@H]1Cc2ccccc2CN1C(=O)[C@H]1C[C@H]1c1ccc(F)cc1. The van der Waals surface area contributed by atoms with Crippen molar-refractivity contribution < 1.29 is 19.1 Å². The fourth-order valence-corrected chi connectivity index (χ4v) is 3.73. The van der Waals surface area contributed by atoms with Crippen molar-refractivity contribution >= 4 is 11.9 Å². The third kappa shape index (κ3) is 2.90. The lowest BCUT2D eigenvalue weighted by atomic mass is 9.93. The molecule has 0 bridgehead atoms. The number of carboxylic acid groups (broad SMARTS) is 1. The van der Waals surface area contributed by atoms with Gasteiger partial charge < -0.3 is 10.0 Å². The number of rotatable bonds is 3. The lowest BCUT2D eigenvalue weighted by Gasteiger charge is -2.34. The van der Waals surface area contributed by atoms with Crippen molar-refractivity contribution in [1.29, 1.82) is 0 Å². The Morgan fingerprint density at radius 1 is 1.04 bits per heavy atom. The molecule has 2 aromatic rings. The molecule has 5 heteroatoms. The van der Waals surface area contributed by atoms with Crippen molar-refractivity contribution in [2.24, 2.45) is 5.92 Å². The Bertz CT molecular complexity index is 833. The van der Waals surface area contributed by atoms with Gasteiger partial charge in [0.2, 0.25) is 5.91 Å². The molecule has 0 unspecified atom stereocenters. The van der Waals surface area contributed by atoms with Crippen LogP contribution in [-0.2, 0) is 22.6 Å². The van der Waals surface area contributed by atoms with Gasteiger partial charge >= 0.3 is 5.97 Å². The fraction of sp³-hybridized carbons (Fsp3) is 0.300. The molecule has 0 spiro atoms. The molecule has 1 aliphatic carbocycles. The van der Waals surface area contributed by atoms with Gasteiger partial charge in [0.15, 0.2) is 0 Å². The lowest BCUT2D eigenvalue weighted by molar-refractivity contribution is -0.152. The summed E-state index contributed by atoms with van der Waals surface area (Å²) in [6.07, 6.45) is 1.03. The summed E-state index contributed by atoms with van der Waals surface area (Å²) in [5.74, 6) is -1.54. The van der Waals surface area contributed by atoms with Crippen LogP contribution in [0.4, 0.5) is 4.39 Å². The molecule has 2 aromatic carbocycles. The smallest absolute Gasteiger partial charge is 0.326 e. The Labute approximate surface area is 144 Å². The molecule has 1 N–H and O–H groups in total. The summed E-state index contributed by atoms with van der Waals surface area (Å²) in [7, 11) is 0. The van der Waals surface area contributed by atoms with Crippen molar-refractivity contribution in [1.82, 2.24) is 4.90 Å². The van der Waals surface area contributed by atoms with E-state index in [9.17, 15) is 19.1 Å². The number of carbonyl (C=O) groups is 2. The van der Waals surface area contributed by atoms with Crippen LogP contribution in [0.2, 0.25) is 0 Å². The van der Waals surface area contributed by atoms with E-state index >= 15 is 0 Å². The van der Waals surface area contributed by atoms with Gasteiger partial charge in [0, 0.05) is 18.9 Å². The highest BCUT2D eigenvalue weighted by molar-refractivity contribution is 5.88. The molecule has 4 nitrogen and oxygen atoms in total. The summed E-state index contributed by atoms with van der Waals surface area (Å²) >= 11 is 0. The standard InChI is InChI=1S/C20H18FNO3/c21-15-7-5-12(6-8-15)16-10-17(16)19(23)22-11-14-4-2-1-3-13(14)9-18(22)20(24)25/h1-8,16-18H,9-11H2,(H,24,25)/t16-,17-,18-/m0/s1. The first-order valence-electron chi connectivity index (χ1n) is 8.40. The molecule has 0 aromatic heterocycles. The highest BCUT2D eigenvalue weighted by Gasteiger charge is 2.48. The van der Waals surface area contributed by atoms with Gasteiger partial charge in [-0.1, -0.05) is 36.4 Å². The number of halogens is 1. The predicted octanol–water partition coefficient (Wildman–Crippen LogP) is 2.97. The van der Waals surface area contributed by atoms with Crippen molar-refractivity contribution in [2.45, 2.75) is 31.3 Å². The second-order valence-corrected chi connectivity index (χ2v) is 6.79. The van der Waals surface area contributed by atoms with Crippen LogP contribution in [0, 0.1) is 11.7 Å². The molecule has 128 valence electrons. The van der Waals surface area contributed by atoms with E-state index in [2.05, 4.69) is 0 Å². The molecular formula is C20H18FNO3. The van der Waals surface area contributed by atoms with E-state index in [0.29, 0.717) is 19.4 Å². The summed E-state index contributed by atoms with van der Waals surface area (Å²) in [4.78, 5) is 26.1. The molecule has 0 radical (unpaired) electrons. The van der Waals surface area contributed by atoms with Crippen LogP contribution in [0.25, 0.3) is 0 Å². The second-order valence-electron chi connectivity index (χ2n) is 6.79. The van der Waals surface area contributed by atoms with Crippen LogP contribution < -0.4 is 0 Å². The van der Waals surface area contributed by atoms with Crippen molar-refractivity contribution in [3.63, 3.8) is 0 Å². The van der Waals surface area contributed by atoms with Gasteiger partial charge in [-0.2, -0.15) is 0 Å². The maximum absolute atomic E-state index is 13.1. The maximum atomic E-state index is 13.1. The Morgan fingerprint density at radius 3 is 2.40 bits per heavy atom. The number of fused-ring (bicyclic) bond motifs is 1. The van der Waals surface area contributed by atoms with Gasteiger partial charge in [-0.15, -0.1) is 0 Å². The monoisotopic (exact) mass is 339 g/mol. The van der Waals surface area contributed by atoms with E-state index < -0.39 is 12.0 Å². The third-order valence-corrected chi connectivity index (χ3v) is 5.22. The Morgan fingerprint density at radius 2 is 1.72 bits per heavy atom. The Kier molecular flexibility index (Phi) is 3.79. The Hall–Kier alpha value is -2.69. The molecule has 3 atom stereocenters. The number of hydrogen-bond donors (Lipinski definition) is 1. The average Bonchev–Trinajstić information content (AvgIpc) is 3.41. The summed E-state index contributed by atoms with van der Waals surface area (Å²) in [6, 6.07) is 13.0. The number of nitrogens with zero attached hydrogens (tertiary/aromatic N) is 1. The fourth-order valence-electron chi connectivity index (χ4n) is 3.73. The summed E-state index contributed by atoms with van der Waals surface area (Å²) < 4.78 is 13.1. The van der Waals surface area contributed by atoms with E-state index in [-0.39, 0.29) is 23.6 Å². The summed E-state index contributed by atoms with van der Waals surface area (Å²) in [6.45, 7) is 0.332. The van der Waals surface area contributed by atoms with Crippen molar-refractivity contribution in [2.75, 3.05) is 0 Å². The number of aliphatic carboxylic acids is 1. The van der Waals surface area contributed by atoms with E-state index in [1.54, 1.807) is 12.1 Å². The first-order valence-corrected chi connectivity index (χ1v) is 8.40. The topological polar surface area (TPSA) is 57.6 Å². The zero-order valence-corrected chi connectivity index (χ0v) is 13.6. The van der Waals surface area contributed by atoms with Gasteiger partial charge in [-0.3, -0.25) is 4.79 Å². The van der Waals surface area contributed by atoms with Crippen molar-refractivity contribution in [3.05, 3.63) is 71.0 Å². The zero-order valence-electron chi connectivity index (χ0n) is 13.6. The summed E-state index contributed by atoms with van der Waals surface area (Å²) in [5, 5.41) is 9.56. The average molecular weight is 339 g/mol. The number of carboxylic acids is 1. The molecule has 25 heavy (non-hydrogen) atoms. The molecule has 4 rings (SSSR count). The molecule has 1 heterocycles. The quantitative estimate of drug-likeness (QED) is 0.935. The minimum absolute atomic E-state index is 0.0553. The summed E-state index contributed by atoms with van der Waals surface area (Å²) in [5.41, 5.74) is 2.93. The van der Waals surface area contributed by atoms with E-state index in [1.807, 2.05) is 24.3 Å². The van der Waals surface area contributed by atoms with Crippen LogP contribution in [0.1, 0.15) is 29.0 Å².